The third kappa shape index (κ3) is 4.77. The maximum atomic E-state index is 12.4. The van der Waals surface area contributed by atoms with E-state index in [2.05, 4.69) is 9.93 Å². The second-order valence-corrected chi connectivity index (χ2v) is 7.51. The van der Waals surface area contributed by atoms with Crippen molar-refractivity contribution in [2.45, 2.75) is 25.7 Å². The van der Waals surface area contributed by atoms with Gasteiger partial charge in [0.1, 0.15) is 0 Å². The van der Waals surface area contributed by atoms with Crippen LogP contribution in [0.4, 0.5) is 5.69 Å². The number of nitrogens with one attached hydrogen (secondary N) is 1. The van der Waals surface area contributed by atoms with Crippen molar-refractivity contribution >= 4 is 21.9 Å². The topological polar surface area (TPSA) is 120 Å². The first kappa shape index (κ1) is 21.2. The lowest BCUT2D eigenvalue weighted by atomic mass is 10.2. The molecular weight excluding hydrogens is 386 g/mol. The Balaban J connectivity index is 2.33. The fourth-order valence-electron chi connectivity index (χ4n) is 2.58. The van der Waals surface area contributed by atoms with Crippen LogP contribution in [0, 0.1) is 24.0 Å². The first-order chi connectivity index (χ1) is 13.2. The third-order valence-corrected chi connectivity index (χ3v) is 5.15. The van der Waals surface area contributed by atoms with Crippen molar-refractivity contribution in [1.29, 1.82) is 0 Å². The first-order valence-corrected chi connectivity index (χ1v) is 9.79. The van der Waals surface area contributed by atoms with Gasteiger partial charge in [0.2, 0.25) is 5.75 Å². The maximum absolute atomic E-state index is 12.4. The van der Waals surface area contributed by atoms with Gasteiger partial charge in [-0.1, -0.05) is 17.7 Å². The number of aryl methyl sites for hydroxylation is 2. The van der Waals surface area contributed by atoms with Crippen LogP contribution in [-0.4, -0.2) is 33.3 Å². The lowest BCUT2D eigenvalue weighted by Gasteiger charge is -2.10. The molecule has 0 atom stereocenters. The molecule has 0 amide bonds. The fourth-order valence-corrected chi connectivity index (χ4v) is 3.60. The standard InChI is InChI=1S/C18H21N3O6S/c1-5-27-18-15(21(22)23)9-14(10-16(18)26-4)11-19-20-28(24,25)17-7-6-12(2)8-13(17)3/h6-11,20H,5H2,1-4H3/b19-11+. The molecule has 0 aliphatic heterocycles. The number of sulfonamides is 1. The molecule has 0 fully saturated rings. The Hall–Kier alpha value is -3.14. The van der Waals surface area contributed by atoms with Crippen LogP contribution < -0.4 is 14.3 Å². The Kier molecular flexibility index (Phi) is 6.57. The molecule has 0 aromatic heterocycles. The molecule has 1 N–H and O–H groups in total. The molecule has 150 valence electrons. The van der Waals surface area contributed by atoms with Gasteiger partial charge in [0, 0.05) is 11.6 Å². The minimum atomic E-state index is -3.87. The first-order valence-electron chi connectivity index (χ1n) is 8.31. The molecule has 0 unspecified atom stereocenters. The number of methoxy groups -OCH3 is 1. The number of ether oxygens (including phenoxy) is 2. The summed E-state index contributed by atoms with van der Waals surface area (Å²) in [5, 5.41) is 15.0. The number of nitro groups is 1. The largest absolute Gasteiger partial charge is 0.493 e. The summed E-state index contributed by atoms with van der Waals surface area (Å²) in [4.78, 5) is 12.9. The molecule has 0 radical (unpaired) electrons. The molecule has 0 spiro atoms. The Labute approximate surface area is 163 Å². The molecule has 0 bridgehead atoms. The maximum Gasteiger partial charge on any atom is 0.315 e. The smallest absolute Gasteiger partial charge is 0.315 e. The number of hydrogen-bond donors (Lipinski definition) is 1. The van der Waals surface area contributed by atoms with E-state index in [0.29, 0.717) is 5.56 Å². The van der Waals surface area contributed by atoms with E-state index in [1.165, 1.54) is 25.3 Å². The summed E-state index contributed by atoms with van der Waals surface area (Å²) >= 11 is 0. The van der Waals surface area contributed by atoms with Crippen LogP contribution in [0.25, 0.3) is 0 Å². The predicted octanol–water partition coefficient (Wildman–Crippen LogP) is 2.93. The van der Waals surface area contributed by atoms with Gasteiger partial charge in [0.25, 0.3) is 10.0 Å². The number of hydrogen-bond acceptors (Lipinski definition) is 7. The van der Waals surface area contributed by atoms with Crippen LogP contribution in [0.2, 0.25) is 0 Å². The van der Waals surface area contributed by atoms with E-state index < -0.39 is 14.9 Å². The van der Waals surface area contributed by atoms with Gasteiger partial charge in [-0.15, -0.1) is 0 Å². The monoisotopic (exact) mass is 407 g/mol. The average Bonchev–Trinajstić information content (AvgIpc) is 2.61. The normalized spacial score (nSPS) is 11.4. The summed E-state index contributed by atoms with van der Waals surface area (Å²) in [5.74, 6) is 0.151. The van der Waals surface area contributed by atoms with Gasteiger partial charge in [-0.3, -0.25) is 10.1 Å². The Morgan fingerprint density at radius 2 is 1.96 bits per heavy atom. The zero-order chi connectivity index (χ0) is 20.9. The molecule has 28 heavy (non-hydrogen) atoms. The molecule has 9 nitrogen and oxygen atoms in total. The minimum absolute atomic E-state index is 0.00279. The van der Waals surface area contributed by atoms with E-state index in [-0.39, 0.29) is 34.3 Å². The highest BCUT2D eigenvalue weighted by molar-refractivity contribution is 7.89. The summed E-state index contributed by atoms with van der Waals surface area (Å²) in [6.07, 6.45) is 1.16. The van der Waals surface area contributed by atoms with E-state index in [1.807, 2.05) is 6.92 Å². The molecule has 10 heteroatoms. The molecule has 0 aliphatic rings. The number of rotatable bonds is 8. The lowest BCUT2D eigenvalue weighted by molar-refractivity contribution is -0.385. The molecule has 2 aromatic rings. The van der Waals surface area contributed by atoms with E-state index in [0.717, 1.165) is 11.8 Å². The number of nitro benzene ring substituents is 1. The zero-order valence-electron chi connectivity index (χ0n) is 15.9. The van der Waals surface area contributed by atoms with Crippen LogP contribution in [-0.2, 0) is 10.0 Å². The van der Waals surface area contributed by atoms with Crippen molar-refractivity contribution < 1.29 is 22.8 Å². The van der Waals surface area contributed by atoms with E-state index in [9.17, 15) is 18.5 Å². The van der Waals surface area contributed by atoms with Crippen molar-refractivity contribution in [2.24, 2.45) is 5.10 Å². The summed E-state index contributed by atoms with van der Waals surface area (Å²) in [7, 11) is -2.52. The second-order valence-electron chi connectivity index (χ2n) is 5.88. The predicted molar refractivity (Wildman–Crippen MR) is 105 cm³/mol. The number of benzene rings is 2. The van der Waals surface area contributed by atoms with Gasteiger partial charge in [-0.2, -0.15) is 13.5 Å². The summed E-state index contributed by atoms with van der Waals surface area (Å²) in [5.41, 5.74) is 1.49. The molecule has 0 saturated carbocycles. The molecular formula is C18H21N3O6S. The summed E-state index contributed by atoms with van der Waals surface area (Å²) in [6, 6.07) is 7.62. The Morgan fingerprint density at radius 3 is 2.54 bits per heavy atom. The lowest BCUT2D eigenvalue weighted by Crippen LogP contribution is -2.19. The van der Waals surface area contributed by atoms with Crippen molar-refractivity contribution in [3.63, 3.8) is 0 Å². The highest BCUT2D eigenvalue weighted by Gasteiger charge is 2.22. The van der Waals surface area contributed by atoms with Crippen LogP contribution in [0.5, 0.6) is 11.5 Å². The van der Waals surface area contributed by atoms with Crippen molar-refractivity contribution in [3.05, 3.63) is 57.1 Å². The minimum Gasteiger partial charge on any atom is -0.493 e. The SMILES string of the molecule is CCOc1c(OC)cc(/C=N/NS(=O)(=O)c2ccc(C)cc2C)cc1[N+](=O)[O-]. The van der Waals surface area contributed by atoms with E-state index in [4.69, 9.17) is 9.47 Å². The van der Waals surface area contributed by atoms with Crippen LogP contribution >= 0.6 is 0 Å². The quantitative estimate of drug-likeness (QED) is 0.408. The highest BCUT2D eigenvalue weighted by atomic mass is 32.2. The van der Waals surface area contributed by atoms with Gasteiger partial charge < -0.3 is 9.47 Å². The Morgan fingerprint density at radius 1 is 1.25 bits per heavy atom. The van der Waals surface area contributed by atoms with Gasteiger partial charge in [0.05, 0.1) is 29.8 Å². The average molecular weight is 407 g/mol. The summed E-state index contributed by atoms with van der Waals surface area (Å²) in [6.45, 7) is 5.47. The molecule has 0 saturated heterocycles. The van der Waals surface area contributed by atoms with Crippen molar-refractivity contribution in [1.82, 2.24) is 4.83 Å². The molecule has 2 rings (SSSR count). The van der Waals surface area contributed by atoms with Crippen molar-refractivity contribution in [2.75, 3.05) is 13.7 Å². The fraction of sp³-hybridized carbons (Fsp3) is 0.278. The van der Waals surface area contributed by atoms with Gasteiger partial charge in [-0.05, 0) is 38.5 Å². The van der Waals surface area contributed by atoms with Crippen LogP contribution in [0.1, 0.15) is 23.6 Å². The molecule has 0 heterocycles. The van der Waals surface area contributed by atoms with Crippen LogP contribution in [0.15, 0.2) is 40.3 Å². The third-order valence-electron chi connectivity index (χ3n) is 3.77. The number of nitrogens with zero attached hydrogens (tertiary/aromatic N) is 2. The van der Waals surface area contributed by atoms with Crippen molar-refractivity contribution in [3.8, 4) is 11.5 Å². The highest BCUT2D eigenvalue weighted by Crippen LogP contribution is 2.37. The Bertz CT molecular complexity index is 1020. The zero-order valence-corrected chi connectivity index (χ0v) is 16.7. The van der Waals surface area contributed by atoms with Gasteiger partial charge in [-0.25, -0.2) is 4.83 Å². The number of hydrazone groups is 1. The second kappa shape index (κ2) is 8.70. The van der Waals surface area contributed by atoms with E-state index in [1.54, 1.807) is 26.0 Å². The van der Waals surface area contributed by atoms with Gasteiger partial charge in [0.15, 0.2) is 5.75 Å². The van der Waals surface area contributed by atoms with E-state index >= 15 is 0 Å². The molecule has 0 aliphatic carbocycles. The van der Waals surface area contributed by atoms with Crippen LogP contribution in [0.3, 0.4) is 0 Å². The van der Waals surface area contributed by atoms with Gasteiger partial charge >= 0.3 is 5.69 Å². The molecule has 2 aromatic carbocycles. The summed E-state index contributed by atoms with van der Waals surface area (Å²) < 4.78 is 35.3.